The lowest BCUT2D eigenvalue weighted by Gasteiger charge is -2.33. The van der Waals surface area contributed by atoms with Crippen molar-refractivity contribution in [3.63, 3.8) is 0 Å². The fourth-order valence-electron chi connectivity index (χ4n) is 15.4. The highest BCUT2D eigenvalue weighted by Gasteiger charge is 2.39. The Bertz CT molecular complexity index is 6150. The van der Waals surface area contributed by atoms with E-state index in [-0.39, 0.29) is 60.9 Å². The molecule has 1 aliphatic heterocycles. The second-order valence-corrected chi connectivity index (χ2v) is 35.5. The molecular weight excluding hydrogens is 1690 g/mol. The number of aliphatic hydroxyl groups is 1. The van der Waals surface area contributed by atoms with Crippen molar-refractivity contribution in [2.24, 2.45) is 23.7 Å². The Balaban J connectivity index is 0.000000138. The highest BCUT2D eigenvalue weighted by atomic mass is 32.1. The number of aromatic nitrogens is 16. The number of carbonyl (C=O) groups is 5. The molecule has 17 rings (SSSR count). The van der Waals surface area contributed by atoms with E-state index in [1.807, 2.05) is 240 Å². The van der Waals surface area contributed by atoms with Crippen molar-refractivity contribution in [1.29, 1.82) is 0 Å². The largest absolute Gasteiger partial charge is 0.480 e. The first-order valence-electron chi connectivity index (χ1n) is 41.7. The first-order valence-corrected chi connectivity index (χ1v) is 45.3. The van der Waals surface area contributed by atoms with Gasteiger partial charge in [0.05, 0.1) is 39.9 Å². The summed E-state index contributed by atoms with van der Waals surface area (Å²) in [5, 5.41) is 85.0. The molecule has 1 saturated heterocycles. The number of aliphatic carboxylic acids is 1. The predicted octanol–water partition coefficient (Wildman–Crippen LogP) is 18.2. The number of hydrogen-bond acceptors (Lipinski definition) is 24. The normalized spacial score (nSPS) is 13.8. The van der Waals surface area contributed by atoms with Crippen LogP contribution in [0.3, 0.4) is 0 Å². The van der Waals surface area contributed by atoms with Crippen LogP contribution in [0.15, 0.2) is 264 Å². The molecule has 5 atom stereocenters. The third-order valence-corrected chi connectivity index (χ3v) is 25.5. The Morgan fingerprint density at radius 1 is 0.414 bits per heavy atom. The number of tetrazole rings is 4. The van der Waals surface area contributed by atoms with Crippen LogP contribution in [0.5, 0.6) is 0 Å². The lowest BCUT2D eigenvalue weighted by atomic mass is 9.97. The minimum atomic E-state index is -1.01. The fourth-order valence-corrected chi connectivity index (χ4v) is 18.2. The summed E-state index contributed by atoms with van der Waals surface area (Å²) in [7, 11) is 0. The predicted molar refractivity (Wildman–Crippen MR) is 497 cm³/mol. The molecule has 9 heterocycles. The highest BCUT2D eigenvalue weighted by molar-refractivity contribution is 7.12. The summed E-state index contributed by atoms with van der Waals surface area (Å²) in [6.45, 7) is 18.6. The second kappa shape index (κ2) is 43.5. The molecule has 1 unspecified atom stereocenters. The number of H-pyrrole nitrogens is 4. The number of aldehydes is 1. The molecule has 32 heteroatoms. The zero-order valence-electron chi connectivity index (χ0n) is 71.6. The third-order valence-electron chi connectivity index (χ3n) is 22.0. The summed E-state index contributed by atoms with van der Waals surface area (Å²) in [5.41, 5.74) is 15.8. The van der Waals surface area contributed by atoms with Crippen LogP contribution in [0.4, 0.5) is 0 Å². The highest BCUT2D eigenvalue weighted by Crippen LogP contribution is 2.40. The summed E-state index contributed by atoms with van der Waals surface area (Å²) in [5.74, 6) is 1.13. The number of rotatable bonds is 30. The molecule has 8 aromatic heterocycles. The Kier molecular flexibility index (Phi) is 30.7. The molecule has 0 bridgehead atoms. The van der Waals surface area contributed by atoms with Gasteiger partial charge in [-0.25, -0.2) is 4.79 Å². The van der Waals surface area contributed by atoms with Gasteiger partial charge in [-0.2, -0.15) is 20.9 Å². The summed E-state index contributed by atoms with van der Waals surface area (Å²) in [6.07, 6.45) is 0.900. The van der Waals surface area contributed by atoms with Gasteiger partial charge in [-0.15, -0.1) is 86.1 Å². The monoisotopic (exact) mass is 1780 g/mol. The Morgan fingerprint density at radius 3 is 1.05 bits per heavy atom. The first-order chi connectivity index (χ1) is 62.3. The van der Waals surface area contributed by atoms with Crippen molar-refractivity contribution in [1.82, 2.24) is 102 Å². The Morgan fingerprint density at radius 2 is 0.750 bits per heavy atom. The number of aliphatic hydroxyl groups excluding tert-OH is 1. The number of carboxylic acids is 1. The van der Waals surface area contributed by atoms with Gasteiger partial charge in [0, 0.05) is 59.4 Å². The van der Waals surface area contributed by atoms with Gasteiger partial charge in [-0.3, -0.25) is 19.3 Å². The molecule has 652 valence electrons. The van der Waals surface area contributed by atoms with Gasteiger partial charge in [0.2, 0.25) is 23.3 Å². The van der Waals surface area contributed by atoms with Crippen molar-refractivity contribution in [2.75, 3.05) is 13.2 Å². The average Bonchev–Trinajstić information content (AvgIpc) is 1.57. The van der Waals surface area contributed by atoms with Gasteiger partial charge in [0.25, 0.3) is 17.7 Å². The molecule has 128 heavy (non-hydrogen) atoms. The molecule has 0 aliphatic carbocycles. The summed E-state index contributed by atoms with van der Waals surface area (Å²) in [4.78, 5) is 73.8. The molecular formula is C96H96N20O8S4. The van der Waals surface area contributed by atoms with E-state index in [9.17, 15) is 34.2 Å². The van der Waals surface area contributed by atoms with Crippen molar-refractivity contribution >= 4 is 75.3 Å². The van der Waals surface area contributed by atoms with Gasteiger partial charge in [0.1, 0.15) is 18.6 Å². The van der Waals surface area contributed by atoms with Crippen molar-refractivity contribution in [2.45, 2.75) is 112 Å². The number of ether oxygens (including phenoxy) is 1. The molecule has 16 aromatic rings. The number of benzene rings is 8. The molecule has 0 spiro atoms. The SMILES string of the molecule is CC(C)[C@@H](C(=O)O)N(Cc1ccc(-c2ccccc2-c2nn[nH]n2)cc1)C(=O)c1cccs1.CC(C)[C@@H](C=O)N(Cc1ccc(-c2ccccc2-c2nn[nH]n2)cc1)C(=O)c1cccs1.CC(C)[C@@H](CO)N(Cc1ccc(-c2ccccc2-c2nn[nH]n2)cc1)C(=O)c1cccs1.CC(C)[C@H]1COC(c2cccs2)N1Cc1ccc(-c2ccccc2-c2nn[nH]n2)cc1. The zero-order chi connectivity index (χ0) is 89.6. The van der Waals surface area contributed by atoms with E-state index < -0.39 is 18.1 Å². The molecule has 3 amide bonds. The van der Waals surface area contributed by atoms with E-state index in [4.69, 9.17) is 4.74 Å². The minimum Gasteiger partial charge on any atom is -0.480 e. The van der Waals surface area contributed by atoms with E-state index >= 15 is 0 Å². The van der Waals surface area contributed by atoms with Crippen LogP contribution in [0, 0.1) is 23.7 Å². The molecule has 28 nitrogen and oxygen atoms in total. The summed E-state index contributed by atoms with van der Waals surface area (Å²) >= 11 is 5.87. The van der Waals surface area contributed by atoms with Gasteiger partial charge in [0.15, 0.2) is 0 Å². The Labute approximate surface area is 756 Å². The maximum absolute atomic E-state index is 13.2. The maximum atomic E-state index is 13.2. The van der Waals surface area contributed by atoms with E-state index in [2.05, 4.69) is 149 Å². The van der Waals surface area contributed by atoms with E-state index in [0.717, 1.165) is 103 Å². The van der Waals surface area contributed by atoms with Crippen LogP contribution in [0.1, 0.15) is 118 Å². The number of carbonyl (C=O) groups excluding carboxylic acids is 4. The lowest BCUT2D eigenvalue weighted by Crippen LogP contribution is -2.47. The second-order valence-electron chi connectivity index (χ2n) is 31.7. The van der Waals surface area contributed by atoms with Crippen molar-refractivity contribution < 1.29 is 38.9 Å². The van der Waals surface area contributed by atoms with Gasteiger partial charge >= 0.3 is 5.97 Å². The standard InChI is InChI=1S/C24H23N5O3S.C24H25N5O2S.C24H23N5O2S.C24H25N5OS/c1-15(2)21(24(31)32)29(23(30)20-8-5-13-33-20)14-16-9-11-17(12-10-16)18-6-3-4-7-19(18)22-25-27-28-26-22;2*1-16(2)21(15-30)29(24(31)22-8-5-13-32-22)14-17-9-11-18(12-10-17)19-6-3-4-7-20(19)23-25-27-28-26-23;1-16(2)21-15-30-24(22-8-5-13-31-22)29(21)14-17-9-11-18(12-10-17)19-6-3-4-7-20(19)23-25-27-28-26-23/h3-13,15,21H,14H2,1-2H3,(H,31,32)(H,25,26,27,28);3-13,16,21,30H,14-15H2,1-2H3,(H,25,26,27,28);3-13,15-16,21H,14H2,1-2H3,(H,25,26,27,28);3-13,16,21,24H,14-15H2,1-2H3,(H,25,26,27,28)/t3*21-;21-,24?/m0111/s1. The van der Waals surface area contributed by atoms with Crippen LogP contribution in [-0.2, 0) is 40.5 Å². The van der Waals surface area contributed by atoms with Gasteiger partial charge in [-0.05, 0) is 157 Å². The zero-order valence-corrected chi connectivity index (χ0v) is 74.8. The number of thiophene rings is 4. The van der Waals surface area contributed by atoms with Gasteiger partial charge < -0.3 is 34.4 Å². The quantitative estimate of drug-likeness (QED) is 0.0228. The van der Waals surface area contributed by atoms with Crippen LogP contribution >= 0.6 is 45.3 Å². The van der Waals surface area contributed by atoms with Gasteiger partial charge in [-0.1, -0.05) is 274 Å². The lowest BCUT2D eigenvalue weighted by molar-refractivity contribution is -0.144. The van der Waals surface area contributed by atoms with E-state index in [1.54, 1.807) is 39.3 Å². The average molecular weight is 1790 g/mol. The summed E-state index contributed by atoms with van der Waals surface area (Å²) in [6, 6.07) is 78.1. The number of aromatic amines is 4. The first kappa shape index (κ1) is 90.5. The number of nitrogens with one attached hydrogen (secondary N) is 4. The fraction of sp³-hybridized carbons (Fsp3) is 0.240. The number of carboxylic acid groups (broad SMARTS) is 1. The molecule has 6 N–H and O–H groups in total. The molecule has 1 fully saturated rings. The van der Waals surface area contributed by atoms with Crippen LogP contribution in [0.25, 0.3) is 90.1 Å². The van der Waals surface area contributed by atoms with Crippen LogP contribution in [0.2, 0.25) is 0 Å². The topological polar surface area (TPSA) is 366 Å². The van der Waals surface area contributed by atoms with E-state index in [1.165, 1.54) is 49.4 Å². The van der Waals surface area contributed by atoms with Crippen molar-refractivity contribution in [3.8, 4) is 90.1 Å². The smallest absolute Gasteiger partial charge is 0.326 e. The third kappa shape index (κ3) is 22.0. The molecule has 0 saturated carbocycles. The Hall–Kier alpha value is -13.7. The molecule has 0 radical (unpaired) electrons. The number of amides is 3. The summed E-state index contributed by atoms with van der Waals surface area (Å²) < 4.78 is 6.22. The molecule has 1 aliphatic rings. The van der Waals surface area contributed by atoms with Crippen molar-refractivity contribution in [3.05, 3.63) is 306 Å². The molecule has 8 aromatic carbocycles. The number of nitrogens with zero attached hydrogens (tertiary/aromatic N) is 16. The number of hydrogen-bond donors (Lipinski definition) is 6. The minimum absolute atomic E-state index is 0.0116. The van der Waals surface area contributed by atoms with Crippen LogP contribution < -0.4 is 0 Å². The van der Waals surface area contributed by atoms with E-state index in [0.29, 0.717) is 63.0 Å². The van der Waals surface area contributed by atoms with Crippen LogP contribution in [-0.4, -0.2) is 180 Å². The maximum Gasteiger partial charge on any atom is 0.326 e.